The molecule has 1 aliphatic heterocycles. The standard InChI is InChI=1S/C20H30O2S/c1-5-7-15(16-8-6-11-23-16)21-17-12-13-14-9-10-20(4,18(13)22-17)19(14,2)3/h6,8,11,13-15,17-18H,5,7,9-10,12H2,1-4H3/t13-,14-,15+,17-,18-,20+/m1/s1. The van der Waals surface area contributed by atoms with Gasteiger partial charge in [-0.1, -0.05) is 40.2 Å². The molecular weight excluding hydrogens is 304 g/mol. The minimum absolute atomic E-state index is 0.000301. The molecule has 0 amide bonds. The van der Waals surface area contributed by atoms with Gasteiger partial charge in [-0.25, -0.2) is 0 Å². The van der Waals surface area contributed by atoms with Crippen LogP contribution in [0, 0.1) is 22.7 Å². The van der Waals surface area contributed by atoms with Crippen molar-refractivity contribution in [1.82, 2.24) is 0 Å². The highest BCUT2D eigenvalue weighted by Gasteiger charge is 2.69. The van der Waals surface area contributed by atoms with Gasteiger partial charge in [0.1, 0.15) is 0 Å². The molecule has 3 aliphatic rings. The van der Waals surface area contributed by atoms with E-state index in [2.05, 4.69) is 45.2 Å². The van der Waals surface area contributed by atoms with Gasteiger partial charge in [0.05, 0.1) is 12.2 Å². The quantitative estimate of drug-likeness (QED) is 0.678. The van der Waals surface area contributed by atoms with Crippen LogP contribution in [0.5, 0.6) is 0 Å². The van der Waals surface area contributed by atoms with Crippen LogP contribution in [0.2, 0.25) is 0 Å². The summed E-state index contributed by atoms with van der Waals surface area (Å²) in [4.78, 5) is 1.35. The van der Waals surface area contributed by atoms with E-state index < -0.39 is 0 Å². The van der Waals surface area contributed by atoms with E-state index in [9.17, 15) is 0 Å². The molecule has 3 heteroatoms. The Bertz CT molecular complexity index is 552. The van der Waals surface area contributed by atoms with Gasteiger partial charge in [-0.15, -0.1) is 11.3 Å². The van der Waals surface area contributed by atoms with Crippen molar-refractivity contribution in [3.63, 3.8) is 0 Å². The third-order valence-electron chi connectivity index (χ3n) is 7.40. The van der Waals surface area contributed by atoms with Crippen LogP contribution in [0.15, 0.2) is 17.5 Å². The van der Waals surface area contributed by atoms with E-state index in [1.54, 1.807) is 0 Å². The monoisotopic (exact) mass is 334 g/mol. The van der Waals surface area contributed by atoms with Crippen molar-refractivity contribution in [2.75, 3.05) is 0 Å². The van der Waals surface area contributed by atoms with Gasteiger partial charge in [-0.3, -0.25) is 0 Å². The minimum Gasteiger partial charge on any atom is -0.349 e. The molecule has 6 atom stereocenters. The summed E-state index contributed by atoms with van der Waals surface area (Å²) < 4.78 is 13.0. The minimum atomic E-state index is -0.000301. The lowest BCUT2D eigenvalue weighted by atomic mass is 9.70. The zero-order valence-electron chi connectivity index (χ0n) is 14.9. The van der Waals surface area contributed by atoms with Gasteiger partial charge in [0.2, 0.25) is 0 Å². The van der Waals surface area contributed by atoms with Gasteiger partial charge in [0, 0.05) is 11.3 Å². The first-order chi connectivity index (χ1) is 11.0. The van der Waals surface area contributed by atoms with Gasteiger partial charge in [0.15, 0.2) is 6.29 Å². The maximum Gasteiger partial charge on any atom is 0.159 e. The molecule has 4 rings (SSSR count). The molecular formula is C20H30O2S. The summed E-state index contributed by atoms with van der Waals surface area (Å²) in [5, 5.41) is 2.15. The lowest BCUT2D eigenvalue weighted by molar-refractivity contribution is -0.188. The molecule has 1 saturated heterocycles. The second-order valence-corrected chi connectivity index (χ2v) is 9.58. The molecule has 128 valence electrons. The van der Waals surface area contributed by atoms with E-state index in [1.165, 1.54) is 17.7 Å². The van der Waals surface area contributed by atoms with Gasteiger partial charge in [0.25, 0.3) is 0 Å². The zero-order chi connectivity index (χ0) is 16.2. The molecule has 1 aromatic heterocycles. The third-order valence-corrected chi connectivity index (χ3v) is 8.36. The Balaban J connectivity index is 1.48. The van der Waals surface area contributed by atoms with E-state index >= 15 is 0 Å². The molecule has 2 heterocycles. The van der Waals surface area contributed by atoms with Crippen molar-refractivity contribution in [1.29, 1.82) is 0 Å². The Hall–Kier alpha value is -0.380. The molecule has 0 unspecified atom stereocenters. The number of ether oxygens (including phenoxy) is 2. The Morgan fingerprint density at radius 2 is 2.22 bits per heavy atom. The summed E-state index contributed by atoms with van der Waals surface area (Å²) in [7, 11) is 0. The highest BCUT2D eigenvalue weighted by molar-refractivity contribution is 7.10. The first kappa shape index (κ1) is 16.1. The van der Waals surface area contributed by atoms with E-state index in [4.69, 9.17) is 9.47 Å². The predicted molar refractivity (Wildman–Crippen MR) is 94.4 cm³/mol. The molecule has 2 aliphatic carbocycles. The van der Waals surface area contributed by atoms with Crippen LogP contribution in [-0.4, -0.2) is 12.4 Å². The van der Waals surface area contributed by atoms with E-state index in [0.29, 0.717) is 22.9 Å². The molecule has 2 bridgehead atoms. The lowest BCUT2D eigenvalue weighted by Gasteiger charge is -2.39. The fraction of sp³-hybridized carbons (Fsp3) is 0.800. The Morgan fingerprint density at radius 3 is 2.87 bits per heavy atom. The predicted octanol–water partition coefficient (Wildman–Crippen LogP) is 5.79. The van der Waals surface area contributed by atoms with Crippen LogP contribution in [0.4, 0.5) is 0 Å². The van der Waals surface area contributed by atoms with Crippen molar-refractivity contribution in [2.45, 2.75) is 78.3 Å². The van der Waals surface area contributed by atoms with Crippen molar-refractivity contribution in [3.05, 3.63) is 22.4 Å². The lowest BCUT2D eigenvalue weighted by Crippen LogP contribution is -2.38. The smallest absolute Gasteiger partial charge is 0.159 e. The molecule has 0 radical (unpaired) electrons. The molecule has 1 aromatic rings. The van der Waals surface area contributed by atoms with E-state index in [-0.39, 0.29) is 12.4 Å². The fourth-order valence-electron chi connectivity index (χ4n) is 5.77. The Labute approximate surface area is 144 Å². The van der Waals surface area contributed by atoms with Crippen molar-refractivity contribution in [3.8, 4) is 0 Å². The average molecular weight is 335 g/mol. The number of thiophene rings is 1. The van der Waals surface area contributed by atoms with Crippen LogP contribution < -0.4 is 0 Å². The molecule has 0 N–H and O–H groups in total. The second-order valence-electron chi connectivity index (χ2n) is 8.60. The van der Waals surface area contributed by atoms with Crippen LogP contribution in [0.3, 0.4) is 0 Å². The van der Waals surface area contributed by atoms with Crippen molar-refractivity contribution < 1.29 is 9.47 Å². The molecule has 0 aromatic carbocycles. The number of hydrogen-bond donors (Lipinski definition) is 0. The van der Waals surface area contributed by atoms with Crippen molar-refractivity contribution >= 4 is 11.3 Å². The first-order valence-electron chi connectivity index (χ1n) is 9.31. The Morgan fingerprint density at radius 1 is 1.39 bits per heavy atom. The number of fused-ring (bicyclic) bond motifs is 5. The van der Waals surface area contributed by atoms with E-state index in [0.717, 1.165) is 25.2 Å². The largest absolute Gasteiger partial charge is 0.349 e. The normalized spacial score (nSPS) is 42.1. The molecule has 0 spiro atoms. The summed E-state index contributed by atoms with van der Waals surface area (Å²) in [6, 6.07) is 4.33. The molecule has 23 heavy (non-hydrogen) atoms. The SMILES string of the molecule is CCC[C@H](O[C@H]1C[C@@H]2[C@H]3CC[C@@](C)([C@@H]2O1)C3(C)C)c1cccs1. The summed E-state index contributed by atoms with van der Waals surface area (Å²) in [6.45, 7) is 9.63. The highest BCUT2D eigenvalue weighted by atomic mass is 32.1. The van der Waals surface area contributed by atoms with Crippen LogP contribution in [-0.2, 0) is 9.47 Å². The maximum atomic E-state index is 6.52. The summed E-state index contributed by atoms with van der Waals surface area (Å²) in [5.41, 5.74) is 0.757. The van der Waals surface area contributed by atoms with Crippen LogP contribution >= 0.6 is 11.3 Å². The summed E-state index contributed by atoms with van der Waals surface area (Å²) >= 11 is 1.81. The first-order valence-corrected chi connectivity index (χ1v) is 10.2. The topological polar surface area (TPSA) is 18.5 Å². The highest BCUT2D eigenvalue weighted by Crippen LogP contribution is 2.71. The van der Waals surface area contributed by atoms with Crippen LogP contribution in [0.1, 0.15) is 70.8 Å². The number of rotatable bonds is 5. The average Bonchev–Trinajstić information content (AvgIpc) is 3.22. The van der Waals surface area contributed by atoms with Crippen LogP contribution in [0.25, 0.3) is 0 Å². The van der Waals surface area contributed by atoms with E-state index in [1.807, 2.05) is 11.3 Å². The summed E-state index contributed by atoms with van der Waals surface area (Å²) in [6.07, 6.45) is 6.65. The number of hydrogen-bond acceptors (Lipinski definition) is 3. The maximum absolute atomic E-state index is 6.52. The fourth-order valence-corrected chi connectivity index (χ4v) is 6.57. The third kappa shape index (κ3) is 2.26. The van der Waals surface area contributed by atoms with Gasteiger partial charge < -0.3 is 9.47 Å². The summed E-state index contributed by atoms with van der Waals surface area (Å²) in [5.74, 6) is 1.52. The zero-order valence-corrected chi connectivity index (χ0v) is 15.7. The van der Waals surface area contributed by atoms with Gasteiger partial charge >= 0.3 is 0 Å². The molecule has 2 nitrogen and oxygen atoms in total. The molecule has 3 fully saturated rings. The second kappa shape index (κ2) is 5.57. The molecule has 2 saturated carbocycles. The Kier molecular flexibility index (Phi) is 3.90. The van der Waals surface area contributed by atoms with Gasteiger partial charge in [-0.05, 0) is 53.4 Å². The van der Waals surface area contributed by atoms with Gasteiger partial charge in [-0.2, -0.15) is 0 Å². The van der Waals surface area contributed by atoms with Crippen molar-refractivity contribution in [2.24, 2.45) is 22.7 Å².